The fourth-order valence-electron chi connectivity index (χ4n) is 4.12. The van der Waals surface area contributed by atoms with Gasteiger partial charge in [0.25, 0.3) is 5.91 Å². The Morgan fingerprint density at radius 3 is 2.81 bits per heavy atom. The van der Waals surface area contributed by atoms with Crippen molar-refractivity contribution in [2.24, 2.45) is 4.99 Å². The number of carbonyl (C=O) groups is 3. The van der Waals surface area contributed by atoms with Crippen LogP contribution in [-0.2, 0) is 33.7 Å². The minimum absolute atomic E-state index is 0.0569. The maximum Gasteiger partial charge on any atom is 0.341 e. The lowest BCUT2D eigenvalue weighted by molar-refractivity contribution is -0.115. The molecule has 0 saturated carbocycles. The van der Waals surface area contributed by atoms with E-state index < -0.39 is 5.97 Å². The summed E-state index contributed by atoms with van der Waals surface area (Å²) in [7, 11) is 1.35. The van der Waals surface area contributed by atoms with E-state index in [0.29, 0.717) is 26.9 Å². The fraction of sp³-hybridized carbons (Fsp3) is 0.360. The minimum Gasteiger partial charge on any atom is -0.465 e. The van der Waals surface area contributed by atoms with Crippen molar-refractivity contribution in [2.45, 2.75) is 38.6 Å². The lowest BCUT2D eigenvalue weighted by atomic mass is 10.1. The molecule has 7 nitrogen and oxygen atoms in total. The van der Waals surface area contributed by atoms with E-state index >= 15 is 0 Å². The minimum atomic E-state index is -0.427. The Hall–Kier alpha value is -2.40. The number of anilines is 1. The van der Waals surface area contributed by atoms with Crippen molar-refractivity contribution in [1.29, 1.82) is 0 Å². The molecule has 4 rings (SSSR count). The lowest BCUT2D eigenvalue weighted by Gasteiger charge is -2.07. The number of halogens is 1. The highest BCUT2D eigenvalue weighted by Gasteiger charge is 2.26. The summed E-state index contributed by atoms with van der Waals surface area (Å²) < 4.78 is 7.83. The van der Waals surface area contributed by atoms with Gasteiger partial charge in [-0.3, -0.25) is 9.59 Å². The molecule has 36 heavy (non-hydrogen) atoms. The molecule has 3 aromatic rings. The van der Waals surface area contributed by atoms with Gasteiger partial charge in [0.05, 0.1) is 34.4 Å². The van der Waals surface area contributed by atoms with Crippen LogP contribution in [0, 0.1) is 0 Å². The van der Waals surface area contributed by atoms with Crippen LogP contribution in [0.5, 0.6) is 0 Å². The number of carbonyl (C=O) groups excluding carboxylic acids is 3. The number of aromatic nitrogens is 1. The van der Waals surface area contributed by atoms with Crippen molar-refractivity contribution in [3.05, 3.63) is 56.7 Å². The Labute approximate surface area is 226 Å². The van der Waals surface area contributed by atoms with Crippen LogP contribution >= 0.6 is 46.0 Å². The molecule has 0 bridgehead atoms. The number of allylic oxidation sites excluding steroid dienone is 1. The van der Waals surface area contributed by atoms with Gasteiger partial charge in [0.15, 0.2) is 4.80 Å². The first kappa shape index (κ1) is 26.7. The number of hydrogen-bond acceptors (Lipinski definition) is 7. The molecule has 2 aromatic heterocycles. The summed E-state index contributed by atoms with van der Waals surface area (Å²) in [5.74, 6) is -0.904. The molecule has 0 spiro atoms. The third-order valence-corrected chi connectivity index (χ3v) is 9.10. The molecule has 190 valence electrons. The predicted octanol–water partition coefficient (Wildman–Crippen LogP) is 5.46. The van der Waals surface area contributed by atoms with Crippen molar-refractivity contribution in [2.75, 3.05) is 23.9 Å². The van der Waals surface area contributed by atoms with Gasteiger partial charge in [0.2, 0.25) is 5.91 Å². The maximum absolute atomic E-state index is 12.6. The van der Waals surface area contributed by atoms with Crippen molar-refractivity contribution in [1.82, 2.24) is 4.57 Å². The van der Waals surface area contributed by atoms with Crippen molar-refractivity contribution in [3.8, 4) is 0 Å². The SMILES string of the molecule is C=CCn1c(=NC(=O)CSCC(=O)Nc2sc3c(c2C(=O)OC)CCCCC3)sc2cc(Cl)ccc21. The van der Waals surface area contributed by atoms with E-state index in [1.165, 1.54) is 41.5 Å². The maximum atomic E-state index is 12.6. The van der Waals surface area contributed by atoms with Crippen LogP contribution in [0.25, 0.3) is 10.2 Å². The van der Waals surface area contributed by atoms with Crippen LogP contribution in [0.1, 0.15) is 40.1 Å². The molecule has 0 saturated heterocycles. The fourth-order valence-corrected chi connectivity index (χ4v) is 7.34. The molecule has 1 aliphatic rings. The van der Waals surface area contributed by atoms with Gasteiger partial charge < -0.3 is 14.6 Å². The Bertz CT molecular complexity index is 1390. The number of aryl methyl sites for hydroxylation is 1. The third-order valence-electron chi connectivity index (χ3n) is 5.70. The lowest BCUT2D eigenvalue weighted by Crippen LogP contribution is -2.19. The number of nitrogens with one attached hydrogen (secondary N) is 1. The Kier molecular flexibility index (Phi) is 9.05. The molecule has 1 N–H and O–H groups in total. The standard InChI is InChI=1S/C25H26ClN3O4S3/c1-3-11-29-17-10-9-15(26)12-19(17)36-25(29)28-21(31)14-34-13-20(30)27-23-22(24(32)33-2)16-7-5-4-6-8-18(16)35-23/h3,9-10,12H,1,4-8,11,13-14H2,2H3,(H,27,30). The highest BCUT2D eigenvalue weighted by molar-refractivity contribution is 8.00. The Morgan fingerprint density at radius 2 is 2.03 bits per heavy atom. The third kappa shape index (κ3) is 6.11. The molecule has 0 fully saturated rings. The second-order valence-corrected chi connectivity index (χ2v) is 11.7. The topological polar surface area (TPSA) is 89.8 Å². The van der Waals surface area contributed by atoms with Gasteiger partial charge in [-0.1, -0.05) is 35.4 Å². The van der Waals surface area contributed by atoms with Gasteiger partial charge in [-0.05, 0) is 49.4 Å². The summed E-state index contributed by atoms with van der Waals surface area (Å²) in [5.41, 5.74) is 2.40. The molecule has 0 radical (unpaired) electrons. The highest BCUT2D eigenvalue weighted by Crippen LogP contribution is 2.38. The summed E-state index contributed by atoms with van der Waals surface area (Å²) in [6.07, 6.45) is 6.68. The van der Waals surface area contributed by atoms with Crippen LogP contribution in [0.2, 0.25) is 5.02 Å². The summed E-state index contributed by atoms with van der Waals surface area (Å²) in [6, 6.07) is 5.54. The number of benzene rings is 1. The van der Waals surface area contributed by atoms with E-state index in [0.717, 1.165) is 52.8 Å². The van der Waals surface area contributed by atoms with Crippen molar-refractivity contribution < 1.29 is 19.1 Å². The number of methoxy groups -OCH3 is 1. The summed E-state index contributed by atoms with van der Waals surface area (Å²) in [4.78, 5) is 43.6. The van der Waals surface area contributed by atoms with Crippen LogP contribution in [0.3, 0.4) is 0 Å². The van der Waals surface area contributed by atoms with E-state index in [1.54, 1.807) is 12.1 Å². The number of amides is 2. The van der Waals surface area contributed by atoms with Crippen molar-refractivity contribution in [3.63, 3.8) is 0 Å². The molecule has 0 unspecified atom stereocenters. The number of rotatable bonds is 8. The zero-order valence-electron chi connectivity index (χ0n) is 19.8. The number of thioether (sulfide) groups is 1. The predicted molar refractivity (Wildman–Crippen MR) is 148 cm³/mol. The van der Waals surface area contributed by atoms with Crippen LogP contribution < -0.4 is 10.1 Å². The molecule has 0 aliphatic heterocycles. The number of hydrogen-bond donors (Lipinski definition) is 1. The monoisotopic (exact) mass is 563 g/mol. The smallest absolute Gasteiger partial charge is 0.341 e. The van der Waals surface area contributed by atoms with Crippen LogP contribution in [-0.4, -0.2) is 41.0 Å². The van der Waals surface area contributed by atoms with Gasteiger partial charge in [-0.2, -0.15) is 4.99 Å². The summed E-state index contributed by atoms with van der Waals surface area (Å²) in [6.45, 7) is 4.30. The van der Waals surface area contributed by atoms with Crippen LogP contribution in [0.4, 0.5) is 5.00 Å². The molecule has 0 atom stereocenters. The van der Waals surface area contributed by atoms with E-state index in [-0.39, 0.29) is 23.3 Å². The molecule has 11 heteroatoms. The Balaban J connectivity index is 1.41. The van der Waals surface area contributed by atoms with E-state index in [4.69, 9.17) is 16.3 Å². The number of thiophene rings is 1. The zero-order valence-corrected chi connectivity index (χ0v) is 23.0. The number of nitrogens with zero attached hydrogens (tertiary/aromatic N) is 2. The summed E-state index contributed by atoms with van der Waals surface area (Å²) >= 11 is 10.1. The second-order valence-electron chi connectivity index (χ2n) is 8.20. The highest BCUT2D eigenvalue weighted by atomic mass is 35.5. The second kappa shape index (κ2) is 12.2. The number of ether oxygens (including phenoxy) is 1. The number of thiazole rings is 1. The molecule has 2 heterocycles. The van der Waals surface area contributed by atoms with Gasteiger partial charge in [0, 0.05) is 16.4 Å². The largest absolute Gasteiger partial charge is 0.465 e. The van der Waals surface area contributed by atoms with Crippen molar-refractivity contribution >= 4 is 79.0 Å². The molecular weight excluding hydrogens is 538 g/mol. The number of esters is 1. The van der Waals surface area contributed by atoms with E-state index in [1.807, 2.05) is 16.7 Å². The van der Waals surface area contributed by atoms with Gasteiger partial charge >= 0.3 is 5.97 Å². The average molecular weight is 564 g/mol. The van der Waals surface area contributed by atoms with Gasteiger partial charge in [-0.15, -0.1) is 29.7 Å². The normalized spacial score (nSPS) is 13.8. The first-order chi connectivity index (χ1) is 17.4. The molecule has 1 aliphatic carbocycles. The zero-order chi connectivity index (χ0) is 25.7. The first-order valence-corrected chi connectivity index (χ1v) is 14.7. The van der Waals surface area contributed by atoms with E-state index in [2.05, 4.69) is 16.9 Å². The number of fused-ring (bicyclic) bond motifs is 2. The molecule has 2 amide bonds. The summed E-state index contributed by atoms with van der Waals surface area (Å²) in [5, 5.41) is 4.02. The van der Waals surface area contributed by atoms with E-state index in [9.17, 15) is 14.4 Å². The first-order valence-electron chi connectivity index (χ1n) is 11.5. The van der Waals surface area contributed by atoms with Gasteiger partial charge in [-0.25, -0.2) is 4.79 Å². The van der Waals surface area contributed by atoms with Gasteiger partial charge in [0.1, 0.15) is 5.00 Å². The Morgan fingerprint density at radius 1 is 1.22 bits per heavy atom. The molecular formula is C25H26ClN3O4S3. The van der Waals surface area contributed by atoms with Crippen LogP contribution in [0.15, 0.2) is 35.8 Å². The molecule has 1 aromatic carbocycles. The average Bonchev–Trinajstić information content (AvgIpc) is 3.25. The quantitative estimate of drug-likeness (QED) is 0.223.